The summed E-state index contributed by atoms with van der Waals surface area (Å²) in [6.07, 6.45) is 47.3. The molecule has 6 unspecified atom stereocenters. The SMILES string of the molecule is CC/C=C\C/C=C\C/C=C\C/C=C\CCCCCCCCCCCOCC(COC1OC(CO)C(O)C(OS(=O)(=O)O)C1O)OC(=O)CCCC/C=C\C/C=C\C/C=C\C/C=C\CC. The summed E-state index contributed by atoms with van der Waals surface area (Å²) >= 11 is 0. The van der Waals surface area contributed by atoms with Crippen molar-refractivity contribution in [2.45, 2.75) is 192 Å². The summed E-state index contributed by atoms with van der Waals surface area (Å²) in [4.78, 5) is 12.9. The van der Waals surface area contributed by atoms with E-state index < -0.39 is 59.8 Å². The van der Waals surface area contributed by atoms with Crippen LogP contribution in [-0.2, 0) is 38.3 Å². The van der Waals surface area contributed by atoms with Crippen LogP contribution in [0.2, 0.25) is 0 Å². The van der Waals surface area contributed by atoms with Crippen LogP contribution in [0.5, 0.6) is 0 Å². The third kappa shape index (κ3) is 34.4. The van der Waals surface area contributed by atoms with Gasteiger partial charge in [0.2, 0.25) is 0 Å². The van der Waals surface area contributed by atoms with Gasteiger partial charge in [-0.1, -0.05) is 156 Å². The van der Waals surface area contributed by atoms with E-state index in [2.05, 4.69) is 115 Å². The molecule has 0 radical (unpaired) electrons. The first kappa shape index (κ1) is 59.0. The predicted molar refractivity (Wildman–Crippen MR) is 257 cm³/mol. The van der Waals surface area contributed by atoms with E-state index >= 15 is 0 Å². The third-order valence-electron chi connectivity index (χ3n) is 10.2. The van der Waals surface area contributed by atoms with E-state index in [1.807, 2.05) is 0 Å². The molecule has 64 heavy (non-hydrogen) atoms. The topological polar surface area (TPSA) is 178 Å². The molecule has 12 nitrogen and oxygen atoms in total. The molecule has 1 rings (SSSR count). The Balaban J connectivity index is 2.41. The second-order valence-corrected chi connectivity index (χ2v) is 17.0. The Labute approximate surface area is 386 Å². The molecule has 0 saturated carbocycles. The monoisotopic (exact) mass is 921 g/mol. The Bertz CT molecular complexity index is 1480. The van der Waals surface area contributed by atoms with Crippen molar-refractivity contribution >= 4 is 16.4 Å². The largest absolute Gasteiger partial charge is 0.457 e. The molecule has 6 atom stereocenters. The number of carbonyl (C=O) groups excluding carboxylic acids is 1. The Morgan fingerprint density at radius 2 is 1.03 bits per heavy atom. The van der Waals surface area contributed by atoms with Gasteiger partial charge in [-0.15, -0.1) is 0 Å². The van der Waals surface area contributed by atoms with Crippen molar-refractivity contribution in [3.8, 4) is 0 Å². The summed E-state index contributed by atoms with van der Waals surface area (Å²) in [5.41, 5.74) is 0. The number of carbonyl (C=O) groups is 1. The van der Waals surface area contributed by atoms with Crippen LogP contribution in [0.15, 0.2) is 97.2 Å². The maximum Gasteiger partial charge on any atom is 0.397 e. The first-order valence-corrected chi connectivity index (χ1v) is 25.4. The first-order chi connectivity index (χ1) is 31.1. The second kappa shape index (κ2) is 41.5. The fraction of sp³-hybridized carbons (Fsp3) is 0.667. The summed E-state index contributed by atoms with van der Waals surface area (Å²) in [5, 5.41) is 30.7. The Morgan fingerprint density at radius 1 is 0.594 bits per heavy atom. The minimum Gasteiger partial charge on any atom is -0.457 e. The number of aliphatic hydroxyl groups is 3. The van der Waals surface area contributed by atoms with Crippen LogP contribution in [0, 0.1) is 0 Å². The van der Waals surface area contributed by atoms with Crippen LogP contribution >= 0.6 is 0 Å². The van der Waals surface area contributed by atoms with E-state index in [1.54, 1.807) is 0 Å². The number of aliphatic hydroxyl groups excluding tert-OH is 3. The van der Waals surface area contributed by atoms with Crippen molar-refractivity contribution in [1.82, 2.24) is 0 Å². The van der Waals surface area contributed by atoms with Crippen molar-refractivity contribution < 1.29 is 56.2 Å². The van der Waals surface area contributed by atoms with Crippen LogP contribution in [0.4, 0.5) is 0 Å². The van der Waals surface area contributed by atoms with Crippen molar-refractivity contribution in [3.05, 3.63) is 97.2 Å². The zero-order chi connectivity index (χ0) is 46.8. The molecule has 4 N–H and O–H groups in total. The van der Waals surface area contributed by atoms with Gasteiger partial charge in [0, 0.05) is 13.0 Å². The Kier molecular flexibility index (Phi) is 38.2. The average molecular weight is 921 g/mol. The number of ether oxygens (including phenoxy) is 4. The molecule has 1 fully saturated rings. The summed E-state index contributed by atoms with van der Waals surface area (Å²) in [6.45, 7) is 3.67. The van der Waals surface area contributed by atoms with E-state index in [0.717, 1.165) is 89.9 Å². The van der Waals surface area contributed by atoms with Crippen molar-refractivity contribution in [3.63, 3.8) is 0 Å². The van der Waals surface area contributed by atoms with E-state index in [0.29, 0.717) is 13.0 Å². The van der Waals surface area contributed by atoms with Gasteiger partial charge in [0.05, 0.1) is 19.8 Å². The van der Waals surface area contributed by atoms with Crippen LogP contribution in [0.3, 0.4) is 0 Å². The number of unbranched alkanes of at least 4 members (excludes halogenated alkanes) is 11. The fourth-order valence-electron chi connectivity index (χ4n) is 6.65. The van der Waals surface area contributed by atoms with Crippen LogP contribution in [0.1, 0.15) is 155 Å². The number of hydrogen-bond donors (Lipinski definition) is 4. The summed E-state index contributed by atoms with van der Waals surface area (Å²) in [7, 11) is -5.08. The molecule has 1 aliphatic heterocycles. The standard InChI is InChI=1S/C51H84O12S/c1-3-5-7-9-11-13-15-17-19-20-21-22-23-24-25-27-29-31-33-35-37-39-41-59-43-45(44-60-51-49(55)50(63-64(56,57)58)48(54)46(42-52)62-51)61-47(53)40-38-36-34-32-30-28-26-18-16-14-12-10-8-6-4-2/h5-8,11-14,17-19,21-22,26,30,32,45-46,48-52,54-55H,3-4,9-10,15-16,20,23-25,27-29,31,33-44H2,1-2H3,(H,56,57,58)/b7-5-,8-6-,13-11-,14-12-,19-17-,22-21-,26-18-,32-30-. The van der Waals surface area contributed by atoms with E-state index in [-0.39, 0.29) is 19.6 Å². The molecule has 1 saturated heterocycles. The van der Waals surface area contributed by atoms with Gasteiger partial charge in [-0.3, -0.25) is 9.35 Å². The molecule has 0 aromatic carbocycles. The number of esters is 1. The zero-order valence-electron chi connectivity index (χ0n) is 39.0. The van der Waals surface area contributed by atoms with Crippen LogP contribution in [0.25, 0.3) is 0 Å². The lowest BCUT2D eigenvalue weighted by Crippen LogP contribution is -2.60. The molecule has 1 heterocycles. The van der Waals surface area contributed by atoms with Gasteiger partial charge in [-0.2, -0.15) is 8.42 Å². The van der Waals surface area contributed by atoms with Gasteiger partial charge >= 0.3 is 16.4 Å². The molecule has 0 aromatic heterocycles. The molecular weight excluding hydrogens is 837 g/mol. The van der Waals surface area contributed by atoms with Gasteiger partial charge in [0.1, 0.15) is 30.5 Å². The molecule has 0 aliphatic carbocycles. The highest BCUT2D eigenvalue weighted by molar-refractivity contribution is 7.80. The molecule has 0 bridgehead atoms. The fourth-order valence-corrected chi connectivity index (χ4v) is 7.16. The Hall–Kier alpha value is -2.98. The van der Waals surface area contributed by atoms with E-state index in [9.17, 15) is 33.1 Å². The quantitative estimate of drug-likeness (QED) is 0.0198. The normalized spacial score (nSPS) is 20.6. The smallest absolute Gasteiger partial charge is 0.397 e. The van der Waals surface area contributed by atoms with Gasteiger partial charge in [-0.05, 0) is 89.9 Å². The summed E-state index contributed by atoms with van der Waals surface area (Å²) in [6, 6.07) is 0. The zero-order valence-corrected chi connectivity index (χ0v) is 39.9. The van der Waals surface area contributed by atoms with Gasteiger partial charge in [-0.25, -0.2) is 4.18 Å². The van der Waals surface area contributed by atoms with Gasteiger partial charge in [0.15, 0.2) is 6.29 Å². The van der Waals surface area contributed by atoms with Crippen LogP contribution in [-0.4, -0.2) is 97.5 Å². The predicted octanol–water partition coefficient (Wildman–Crippen LogP) is 10.6. The minimum absolute atomic E-state index is 0.00835. The summed E-state index contributed by atoms with van der Waals surface area (Å²) in [5.74, 6) is -0.446. The lowest BCUT2D eigenvalue weighted by molar-refractivity contribution is -0.301. The highest BCUT2D eigenvalue weighted by Gasteiger charge is 2.48. The average Bonchev–Trinajstić information content (AvgIpc) is 3.27. The van der Waals surface area contributed by atoms with E-state index in [1.165, 1.54) is 38.5 Å². The lowest BCUT2D eigenvalue weighted by Gasteiger charge is -2.41. The van der Waals surface area contributed by atoms with Crippen molar-refractivity contribution in [1.29, 1.82) is 0 Å². The molecule has 0 aromatic rings. The molecular formula is C51H84O12S. The van der Waals surface area contributed by atoms with Gasteiger partial charge in [0.25, 0.3) is 0 Å². The van der Waals surface area contributed by atoms with Crippen LogP contribution < -0.4 is 0 Å². The maximum absolute atomic E-state index is 12.9. The molecule has 366 valence electrons. The molecule has 13 heteroatoms. The van der Waals surface area contributed by atoms with E-state index in [4.69, 9.17) is 18.9 Å². The highest BCUT2D eigenvalue weighted by atomic mass is 32.3. The second-order valence-electron chi connectivity index (χ2n) is 15.9. The Morgan fingerprint density at radius 3 is 1.50 bits per heavy atom. The number of rotatable bonds is 40. The van der Waals surface area contributed by atoms with Crippen molar-refractivity contribution in [2.24, 2.45) is 0 Å². The highest BCUT2D eigenvalue weighted by Crippen LogP contribution is 2.26. The molecule has 1 aliphatic rings. The summed E-state index contributed by atoms with van der Waals surface area (Å²) < 4.78 is 59.1. The number of allylic oxidation sites excluding steroid dienone is 16. The third-order valence-corrected chi connectivity index (χ3v) is 10.7. The number of hydrogen-bond acceptors (Lipinski definition) is 11. The molecule has 0 amide bonds. The molecule has 0 spiro atoms. The van der Waals surface area contributed by atoms with Crippen molar-refractivity contribution in [2.75, 3.05) is 26.4 Å². The maximum atomic E-state index is 12.9. The minimum atomic E-state index is -5.08. The first-order valence-electron chi connectivity index (χ1n) is 24.0. The lowest BCUT2D eigenvalue weighted by atomic mass is 9.99. The van der Waals surface area contributed by atoms with Gasteiger partial charge < -0.3 is 34.3 Å².